The Bertz CT molecular complexity index is 271. The lowest BCUT2D eigenvalue weighted by atomic mass is 10.3. The summed E-state index contributed by atoms with van der Waals surface area (Å²) in [7, 11) is 0. The summed E-state index contributed by atoms with van der Waals surface area (Å²) < 4.78 is 16.4. The van der Waals surface area contributed by atoms with Gasteiger partial charge in [-0.15, -0.1) is 0 Å². The molecule has 100 valence electrons. The van der Waals surface area contributed by atoms with Gasteiger partial charge in [0.05, 0.1) is 13.2 Å². The lowest BCUT2D eigenvalue weighted by molar-refractivity contribution is -0.137. The van der Waals surface area contributed by atoms with Crippen LogP contribution in [0, 0.1) is 0 Å². The third-order valence-electron chi connectivity index (χ3n) is 2.06. The van der Waals surface area contributed by atoms with Crippen molar-refractivity contribution in [1.29, 1.82) is 0 Å². The molecule has 2 rings (SSSR count). The molecule has 0 aromatic heterocycles. The van der Waals surface area contributed by atoms with E-state index in [-0.39, 0.29) is 6.10 Å². The van der Waals surface area contributed by atoms with Crippen molar-refractivity contribution in [2.45, 2.75) is 51.8 Å². The average Bonchev–Trinajstić information content (AvgIpc) is 2.69. The zero-order chi connectivity index (χ0) is 13.1. The summed E-state index contributed by atoms with van der Waals surface area (Å²) in [4.78, 5) is 0. The predicted molar refractivity (Wildman–Crippen MR) is 62.1 cm³/mol. The minimum absolute atomic E-state index is 0.0162. The minimum Gasteiger partial charge on any atom is -0.495 e. The molecule has 2 aliphatic heterocycles. The number of ether oxygens (including phenoxy) is 3. The molecule has 1 unspecified atom stereocenters. The molecule has 0 saturated carbocycles. The first-order valence-electron chi connectivity index (χ1n) is 5.77. The van der Waals surface area contributed by atoms with Crippen molar-refractivity contribution in [3.8, 4) is 0 Å². The van der Waals surface area contributed by atoms with Crippen LogP contribution in [-0.4, -0.2) is 41.1 Å². The standard InChI is InChI=1S/C9H14O3.C3H8O2/c1-9(2)11-6-8(12-9)7-4-3-5-10-7;1-3(2,4)5/h4,8H,3,5-6H2,1-2H3;4-5H,1-2H3. The minimum atomic E-state index is -1.50. The first-order chi connectivity index (χ1) is 7.67. The van der Waals surface area contributed by atoms with E-state index in [0.717, 1.165) is 18.8 Å². The topological polar surface area (TPSA) is 68.2 Å². The van der Waals surface area contributed by atoms with Crippen LogP contribution >= 0.6 is 0 Å². The van der Waals surface area contributed by atoms with Crippen LogP contribution in [0.3, 0.4) is 0 Å². The molecule has 5 heteroatoms. The maximum Gasteiger partial charge on any atom is 0.164 e. The van der Waals surface area contributed by atoms with Gasteiger partial charge >= 0.3 is 0 Å². The fourth-order valence-electron chi connectivity index (χ4n) is 1.49. The summed E-state index contributed by atoms with van der Waals surface area (Å²) >= 11 is 0. The number of aliphatic hydroxyl groups is 2. The molecule has 0 aromatic carbocycles. The average molecular weight is 246 g/mol. The van der Waals surface area contributed by atoms with E-state index in [1.807, 2.05) is 13.8 Å². The third-order valence-corrected chi connectivity index (χ3v) is 2.06. The molecule has 0 aliphatic carbocycles. The Morgan fingerprint density at radius 1 is 1.35 bits per heavy atom. The molecule has 2 heterocycles. The Kier molecular flexibility index (Phi) is 4.55. The molecule has 17 heavy (non-hydrogen) atoms. The van der Waals surface area contributed by atoms with Crippen LogP contribution < -0.4 is 0 Å². The van der Waals surface area contributed by atoms with Gasteiger partial charge in [-0.3, -0.25) is 0 Å². The van der Waals surface area contributed by atoms with Crippen molar-refractivity contribution in [2.24, 2.45) is 0 Å². The van der Waals surface area contributed by atoms with Crippen molar-refractivity contribution in [3.63, 3.8) is 0 Å². The summed E-state index contributed by atoms with van der Waals surface area (Å²) in [5, 5.41) is 16.2. The molecule has 2 N–H and O–H groups in total. The maximum absolute atomic E-state index is 8.08. The van der Waals surface area contributed by atoms with Crippen LogP contribution in [0.1, 0.15) is 34.1 Å². The van der Waals surface area contributed by atoms with Gasteiger partial charge in [0.1, 0.15) is 11.9 Å². The van der Waals surface area contributed by atoms with Gasteiger partial charge in [0.25, 0.3) is 0 Å². The van der Waals surface area contributed by atoms with E-state index >= 15 is 0 Å². The summed E-state index contributed by atoms with van der Waals surface area (Å²) in [6.45, 7) is 7.83. The second-order valence-corrected chi connectivity index (χ2v) is 5.06. The lowest BCUT2D eigenvalue weighted by Gasteiger charge is -2.17. The highest BCUT2D eigenvalue weighted by Gasteiger charge is 2.36. The summed E-state index contributed by atoms with van der Waals surface area (Å²) in [5.74, 6) is -1.00. The van der Waals surface area contributed by atoms with E-state index in [2.05, 4.69) is 6.08 Å². The smallest absolute Gasteiger partial charge is 0.164 e. The molecule has 2 aliphatic rings. The zero-order valence-corrected chi connectivity index (χ0v) is 10.9. The molecule has 0 aromatic rings. The highest BCUT2D eigenvalue weighted by atomic mass is 16.7. The van der Waals surface area contributed by atoms with E-state index in [9.17, 15) is 0 Å². The van der Waals surface area contributed by atoms with E-state index in [4.69, 9.17) is 24.4 Å². The van der Waals surface area contributed by atoms with Gasteiger partial charge in [0.15, 0.2) is 11.6 Å². The Balaban J connectivity index is 0.000000249. The van der Waals surface area contributed by atoms with Crippen molar-refractivity contribution < 1.29 is 24.4 Å². The normalized spacial score (nSPS) is 26.9. The lowest BCUT2D eigenvalue weighted by Crippen LogP contribution is -2.22. The molecule has 0 bridgehead atoms. The van der Waals surface area contributed by atoms with E-state index < -0.39 is 11.6 Å². The van der Waals surface area contributed by atoms with Gasteiger partial charge in [-0.2, -0.15) is 0 Å². The zero-order valence-electron chi connectivity index (χ0n) is 10.9. The van der Waals surface area contributed by atoms with Crippen LogP contribution in [0.2, 0.25) is 0 Å². The fraction of sp³-hybridized carbons (Fsp3) is 0.833. The largest absolute Gasteiger partial charge is 0.495 e. The Labute approximate surface area is 102 Å². The van der Waals surface area contributed by atoms with Gasteiger partial charge in [-0.25, -0.2) is 0 Å². The van der Waals surface area contributed by atoms with Gasteiger partial charge in [0.2, 0.25) is 0 Å². The molecular formula is C12H22O5. The number of rotatable bonds is 1. The molecule has 0 spiro atoms. The Morgan fingerprint density at radius 2 is 1.94 bits per heavy atom. The van der Waals surface area contributed by atoms with Crippen LogP contribution in [0.25, 0.3) is 0 Å². The van der Waals surface area contributed by atoms with Crippen molar-refractivity contribution in [3.05, 3.63) is 11.8 Å². The second kappa shape index (κ2) is 5.35. The highest BCUT2D eigenvalue weighted by Crippen LogP contribution is 2.28. The number of hydrogen-bond donors (Lipinski definition) is 2. The monoisotopic (exact) mass is 246 g/mol. The maximum atomic E-state index is 8.08. The van der Waals surface area contributed by atoms with Crippen LogP contribution in [0.5, 0.6) is 0 Å². The molecular weight excluding hydrogens is 224 g/mol. The van der Waals surface area contributed by atoms with Gasteiger partial charge in [0, 0.05) is 6.42 Å². The van der Waals surface area contributed by atoms with E-state index in [1.54, 1.807) is 0 Å². The van der Waals surface area contributed by atoms with Crippen molar-refractivity contribution in [2.75, 3.05) is 13.2 Å². The summed E-state index contributed by atoms with van der Waals surface area (Å²) in [6.07, 6.45) is 3.09. The van der Waals surface area contributed by atoms with Crippen LogP contribution in [0.4, 0.5) is 0 Å². The Hall–Kier alpha value is -0.620. The molecule has 0 radical (unpaired) electrons. The molecule has 1 atom stereocenters. The van der Waals surface area contributed by atoms with Crippen LogP contribution in [-0.2, 0) is 14.2 Å². The molecule has 5 nitrogen and oxygen atoms in total. The SMILES string of the molecule is CC(C)(O)O.CC1(C)OCC(C2=CCCO2)O1. The quantitative estimate of drug-likeness (QED) is 0.679. The van der Waals surface area contributed by atoms with E-state index in [0.29, 0.717) is 6.61 Å². The highest BCUT2D eigenvalue weighted by molar-refractivity contribution is 5.06. The van der Waals surface area contributed by atoms with Gasteiger partial charge < -0.3 is 24.4 Å². The van der Waals surface area contributed by atoms with Crippen molar-refractivity contribution in [1.82, 2.24) is 0 Å². The van der Waals surface area contributed by atoms with E-state index in [1.165, 1.54) is 13.8 Å². The summed E-state index contributed by atoms with van der Waals surface area (Å²) in [6, 6.07) is 0. The molecule has 1 saturated heterocycles. The molecule has 1 fully saturated rings. The van der Waals surface area contributed by atoms with Crippen molar-refractivity contribution >= 4 is 0 Å². The Morgan fingerprint density at radius 3 is 2.29 bits per heavy atom. The van der Waals surface area contributed by atoms with Crippen LogP contribution in [0.15, 0.2) is 11.8 Å². The first-order valence-corrected chi connectivity index (χ1v) is 5.77. The third kappa shape index (κ3) is 6.02. The summed E-state index contributed by atoms with van der Waals surface area (Å²) in [5.41, 5.74) is 0. The predicted octanol–water partition coefficient (Wildman–Crippen LogP) is 1.15. The van der Waals surface area contributed by atoms with Gasteiger partial charge in [-0.05, 0) is 33.8 Å². The van der Waals surface area contributed by atoms with Gasteiger partial charge in [-0.1, -0.05) is 0 Å². The second-order valence-electron chi connectivity index (χ2n) is 5.06. The fourth-order valence-corrected chi connectivity index (χ4v) is 1.49. The number of hydrogen-bond acceptors (Lipinski definition) is 5. The molecule has 0 amide bonds. The first kappa shape index (κ1) is 14.4.